The molecule has 0 N–H and O–H groups in total. The summed E-state index contributed by atoms with van der Waals surface area (Å²) >= 11 is 0. The van der Waals surface area contributed by atoms with Crippen molar-refractivity contribution >= 4 is 0 Å². The highest BCUT2D eigenvalue weighted by Crippen LogP contribution is 2.34. The van der Waals surface area contributed by atoms with E-state index in [9.17, 15) is 0 Å². The van der Waals surface area contributed by atoms with E-state index in [0.717, 1.165) is 12.1 Å². The molecule has 0 atom stereocenters. The Morgan fingerprint density at radius 3 is 1.05 bits per heavy atom. The Bertz CT molecular complexity index is 259. The first-order valence-corrected chi connectivity index (χ1v) is 8.31. The summed E-state index contributed by atoms with van der Waals surface area (Å²) < 4.78 is 2.81. The molecule has 1 aliphatic heterocycles. The van der Waals surface area contributed by atoms with Crippen LogP contribution in [0.2, 0.25) is 0 Å². The minimum atomic E-state index is 0. The van der Waals surface area contributed by atoms with E-state index < -0.39 is 0 Å². The molecule has 3 fully saturated rings. The van der Waals surface area contributed by atoms with Crippen molar-refractivity contribution in [3.8, 4) is 0 Å². The van der Waals surface area contributed by atoms with Crippen LogP contribution in [0, 0.1) is 0 Å². The lowest BCUT2D eigenvalue weighted by Crippen LogP contribution is -3.00. The molecule has 0 amide bonds. The smallest absolute Gasteiger partial charge is 0.129 e. The van der Waals surface area contributed by atoms with E-state index in [1.54, 1.807) is 0 Å². The Balaban J connectivity index is 0.000001000. The van der Waals surface area contributed by atoms with E-state index in [2.05, 4.69) is 14.1 Å². The van der Waals surface area contributed by atoms with E-state index in [-0.39, 0.29) is 48.0 Å². The van der Waals surface area contributed by atoms with Gasteiger partial charge < -0.3 is 56.9 Å². The van der Waals surface area contributed by atoms with Gasteiger partial charge in [-0.2, -0.15) is 0 Å². The molecule has 0 radical (unpaired) electrons. The van der Waals surface area contributed by atoms with Crippen molar-refractivity contribution in [3.05, 3.63) is 0 Å². The second-order valence-electron chi connectivity index (χ2n) is 7.73. The molecule has 1 saturated heterocycles. The molecule has 0 aromatic carbocycles. The number of hydrogen-bond donors (Lipinski definition) is 0. The lowest BCUT2D eigenvalue weighted by atomic mass is 10.1. The second-order valence-corrected chi connectivity index (χ2v) is 7.73. The summed E-state index contributed by atoms with van der Waals surface area (Å²) in [4.78, 5) is 0. The second kappa shape index (κ2) is 7.77. The minimum absolute atomic E-state index is 0. The van der Waals surface area contributed by atoms with Gasteiger partial charge in [-0.15, -0.1) is 0 Å². The number of nitrogens with zero attached hydrogens (tertiary/aromatic N) is 2. The Morgan fingerprint density at radius 1 is 0.550 bits per heavy atom. The monoisotopic (exact) mass is 506 g/mol. The van der Waals surface area contributed by atoms with Crippen molar-refractivity contribution < 1.29 is 56.9 Å². The average Bonchev–Trinajstić information content (AvgIpc) is 3.05. The van der Waals surface area contributed by atoms with Crippen molar-refractivity contribution in [2.75, 3.05) is 40.3 Å². The van der Waals surface area contributed by atoms with Crippen LogP contribution in [-0.4, -0.2) is 61.3 Å². The van der Waals surface area contributed by atoms with Crippen molar-refractivity contribution in [3.63, 3.8) is 0 Å². The maximum absolute atomic E-state index is 2.55. The van der Waals surface area contributed by atoms with Crippen LogP contribution in [0.25, 0.3) is 0 Å². The van der Waals surface area contributed by atoms with Gasteiger partial charge in [0.1, 0.15) is 26.2 Å². The number of rotatable bonds is 2. The number of hydrogen-bond acceptors (Lipinski definition) is 0. The number of quaternary nitrogens is 2. The number of likely N-dealkylation sites (N-methyl/N-ethyl adjacent to an activating group) is 2. The summed E-state index contributed by atoms with van der Waals surface area (Å²) in [6.45, 7) is 5.77. The van der Waals surface area contributed by atoms with Gasteiger partial charge in [0.2, 0.25) is 0 Å². The van der Waals surface area contributed by atoms with Gasteiger partial charge in [0.25, 0.3) is 0 Å². The fourth-order valence-corrected chi connectivity index (χ4v) is 4.92. The Labute approximate surface area is 159 Å². The zero-order chi connectivity index (χ0) is 12.6. The maximum Gasteiger partial charge on any atom is 0.129 e. The van der Waals surface area contributed by atoms with Crippen LogP contribution in [-0.2, 0) is 0 Å². The van der Waals surface area contributed by atoms with Crippen molar-refractivity contribution in [1.29, 1.82) is 0 Å². The SMILES string of the molecule is C[N+]1(C2CCCC2)CC[N+](C)(C2CCCC2)CC1.[I-].[I-]. The molecule has 4 heteroatoms. The van der Waals surface area contributed by atoms with Gasteiger partial charge >= 0.3 is 0 Å². The topological polar surface area (TPSA) is 0 Å². The lowest BCUT2D eigenvalue weighted by Gasteiger charge is -2.51. The van der Waals surface area contributed by atoms with Crippen molar-refractivity contribution in [2.45, 2.75) is 63.5 Å². The normalized spacial score (nSPS) is 39.3. The predicted molar refractivity (Wildman–Crippen MR) is 76.3 cm³/mol. The predicted octanol–water partition coefficient (Wildman–Crippen LogP) is -3.21. The van der Waals surface area contributed by atoms with Crippen molar-refractivity contribution in [1.82, 2.24) is 0 Å². The van der Waals surface area contributed by atoms with E-state index in [1.165, 1.54) is 86.5 Å². The third kappa shape index (κ3) is 3.82. The van der Waals surface area contributed by atoms with Crippen LogP contribution in [0.3, 0.4) is 0 Å². The molecule has 2 saturated carbocycles. The summed E-state index contributed by atoms with van der Waals surface area (Å²) in [7, 11) is 5.10. The molecule has 0 aromatic rings. The molecule has 0 spiro atoms. The number of halogens is 2. The molecule has 0 unspecified atom stereocenters. The fraction of sp³-hybridized carbons (Fsp3) is 1.00. The Morgan fingerprint density at radius 2 is 0.800 bits per heavy atom. The highest BCUT2D eigenvalue weighted by molar-refractivity contribution is 4.73. The van der Waals surface area contributed by atoms with Gasteiger partial charge in [-0.05, 0) is 51.4 Å². The van der Waals surface area contributed by atoms with Crippen molar-refractivity contribution in [2.24, 2.45) is 0 Å². The first-order valence-electron chi connectivity index (χ1n) is 8.31. The maximum atomic E-state index is 2.55. The average molecular weight is 506 g/mol. The molecule has 0 aromatic heterocycles. The molecule has 20 heavy (non-hydrogen) atoms. The van der Waals surface area contributed by atoms with Gasteiger partial charge in [0, 0.05) is 0 Å². The standard InChI is InChI=1S/C16H32N2.2HI/c1-17(15-7-3-4-8-15)11-13-18(2,14-12-17)16-9-5-6-10-16;;/h15-16H,3-14H2,1-2H3;2*1H/q+2;;/p-2. The van der Waals surface area contributed by atoms with Gasteiger partial charge in [-0.3, -0.25) is 0 Å². The van der Waals surface area contributed by atoms with Gasteiger partial charge in [-0.25, -0.2) is 0 Å². The van der Waals surface area contributed by atoms with Crippen LogP contribution < -0.4 is 48.0 Å². The minimum Gasteiger partial charge on any atom is -1.00 e. The largest absolute Gasteiger partial charge is 1.00 e. The molecule has 2 aliphatic carbocycles. The highest BCUT2D eigenvalue weighted by atomic mass is 127. The van der Waals surface area contributed by atoms with E-state index in [0.29, 0.717) is 0 Å². The first-order chi connectivity index (χ1) is 8.62. The summed E-state index contributed by atoms with van der Waals surface area (Å²) in [5.41, 5.74) is 0. The zero-order valence-corrected chi connectivity index (χ0v) is 17.6. The fourth-order valence-electron chi connectivity index (χ4n) is 4.92. The molecule has 0 bridgehead atoms. The van der Waals surface area contributed by atoms with Crippen LogP contribution in [0.15, 0.2) is 0 Å². The summed E-state index contributed by atoms with van der Waals surface area (Å²) in [5.74, 6) is 0. The van der Waals surface area contributed by atoms with E-state index in [4.69, 9.17) is 0 Å². The molecule has 3 rings (SSSR count). The molecule has 2 nitrogen and oxygen atoms in total. The molecule has 1 heterocycles. The lowest BCUT2D eigenvalue weighted by molar-refractivity contribution is -1.04. The first kappa shape index (κ1) is 19.4. The summed E-state index contributed by atoms with van der Waals surface area (Å²) in [6, 6.07) is 2.00. The Hall–Kier alpha value is 1.38. The van der Waals surface area contributed by atoms with Crippen LogP contribution >= 0.6 is 0 Å². The van der Waals surface area contributed by atoms with Crippen LogP contribution in [0.1, 0.15) is 51.4 Å². The van der Waals surface area contributed by atoms with E-state index >= 15 is 0 Å². The van der Waals surface area contributed by atoms with Gasteiger partial charge in [-0.1, -0.05) is 0 Å². The Kier molecular flexibility index (Phi) is 7.55. The third-order valence-corrected chi connectivity index (χ3v) is 6.66. The highest BCUT2D eigenvalue weighted by Gasteiger charge is 2.46. The third-order valence-electron chi connectivity index (χ3n) is 6.66. The summed E-state index contributed by atoms with van der Waals surface area (Å²) in [6.07, 6.45) is 12.0. The summed E-state index contributed by atoms with van der Waals surface area (Å²) in [5, 5.41) is 0. The van der Waals surface area contributed by atoms with Gasteiger partial charge in [0.05, 0.1) is 26.2 Å². The number of piperazine rings is 1. The molecule has 120 valence electrons. The molecular weight excluding hydrogens is 474 g/mol. The molecular formula is C16H32I2N2. The quantitative estimate of drug-likeness (QED) is 0.274. The van der Waals surface area contributed by atoms with Crippen LogP contribution in [0.5, 0.6) is 0 Å². The van der Waals surface area contributed by atoms with Gasteiger partial charge in [0.15, 0.2) is 0 Å². The zero-order valence-electron chi connectivity index (χ0n) is 13.3. The molecule has 3 aliphatic rings. The van der Waals surface area contributed by atoms with E-state index in [1.807, 2.05) is 0 Å². The van der Waals surface area contributed by atoms with Crippen LogP contribution in [0.4, 0.5) is 0 Å².